The Bertz CT molecular complexity index is 708. The van der Waals surface area contributed by atoms with Gasteiger partial charge in [0.05, 0.1) is 0 Å². The Morgan fingerprint density at radius 3 is 2.45 bits per heavy atom. The number of hydrogen-bond donors (Lipinski definition) is 2. The van der Waals surface area contributed by atoms with Crippen LogP contribution in [0, 0.1) is 0 Å². The van der Waals surface area contributed by atoms with E-state index in [0.29, 0.717) is 5.56 Å². The number of sulfonamides is 1. The molecule has 2 aromatic rings. The molecule has 22 heavy (non-hydrogen) atoms. The zero-order chi connectivity index (χ0) is 16.0. The minimum Gasteiger partial charge on any atom is -0.351 e. The smallest absolute Gasteiger partial charge is 0.251 e. The van der Waals surface area contributed by atoms with Crippen molar-refractivity contribution in [2.45, 2.75) is 17.6 Å². The molecule has 1 heterocycles. The average molecular weight is 338 g/mol. The standard InChI is InChI=1S/C15H18N2O3S2/c1-2-12-5-7-13(8-6-12)15(18)16-9-10-17-22(19,20)14-4-3-11-21-14/h3-8,11,17H,2,9-10H2,1H3,(H,16,18). The minimum atomic E-state index is -3.47. The van der Waals surface area contributed by atoms with Crippen LogP contribution < -0.4 is 10.0 Å². The predicted molar refractivity (Wildman–Crippen MR) is 87.7 cm³/mol. The van der Waals surface area contributed by atoms with Gasteiger partial charge in [0.25, 0.3) is 5.91 Å². The Kier molecular flexibility index (Phi) is 5.70. The zero-order valence-corrected chi connectivity index (χ0v) is 13.8. The second kappa shape index (κ2) is 7.53. The highest BCUT2D eigenvalue weighted by atomic mass is 32.2. The van der Waals surface area contributed by atoms with E-state index in [0.717, 1.165) is 17.8 Å². The molecule has 2 N–H and O–H groups in total. The molecule has 0 saturated carbocycles. The Morgan fingerprint density at radius 2 is 1.86 bits per heavy atom. The molecule has 1 aromatic heterocycles. The molecule has 118 valence electrons. The SMILES string of the molecule is CCc1ccc(C(=O)NCCNS(=O)(=O)c2cccs2)cc1. The van der Waals surface area contributed by atoms with Crippen LogP contribution in [0.15, 0.2) is 46.0 Å². The molecule has 0 bridgehead atoms. The second-order valence-electron chi connectivity index (χ2n) is 4.64. The Labute approximate surface area is 134 Å². The number of amides is 1. The molecule has 0 fully saturated rings. The maximum absolute atomic E-state index is 11.9. The van der Waals surface area contributed by atoms with Crippen LogP contribution in [-0.4, -0.2) is 27.4 Å². The van der Waals surface area contributed by atoms with Gasteiger partial charge in [-0.2, -0.15) is 0 Å². The van der Waals surface area contributed by atoms with Gasteiger partial charge in [0.15, 0.2) is 0 Å². The van der Waals surface area contributed by atoms with E-state index in [1.807, 2.05) is 12.1 Å². The van der Waals surface area contributed by atoms with Crippen molar-refractivity contribution in [3.63, 3.8) is 0 Å². The highest BCUT2D eigenvalue weighted by Crippen LogP contribution is 2.14. The molecular weight excluding hydrogens is 320 g/mol. The lowest BCUT2D eigenvalue weighted by Gasteiger charge is -2.07. The van der Waals surface area contributed by atoms with Gasteiger partial charge >= 0.3 is 0 Å². The first-order valence-corrected chi connectivity index (χ1v) is 9.29. The number of benzene rings is 1. The van der Waals surface area contributed by atoms with Crippen LogP contribution in [0.5, 0.6) is 0 Å². The summed E-state index contributed by atoms with van der Waals surface area (Å²) in [5.41, 5.74) is 1.73. The highest BCUT2D eigenvalue weighted by molar-refractivity contribution is 7.91. The first kappa shape index (κ1) is 16.7. The van der Waals surface area contributed by atoms with Crippen LogP contribution >= 0.6 is 11.3 Å². The van der Waals surface area contributed by atoms with Gasteiger partial charge in [0.2, 0.25) is 10.0 Å². The van der Waals surface area contributed by atoms with E-state index < -0.39 is 10.0 Å². The molecular formula is C15H18N2O3S2. The van der Waals surface area contributed by atoms with E-state index >= 15 is 0 Å². The van der Waals surface area contributed by atoms with Crippen molar-refractivity contribution < 1.29 is 13.2 Å². The van der Waals surface area contributed by atoms with Crippen LogP contribution in [-0.2, 0) is 16.4 Å². The molecule has 2 rings (SSSR count). The average Bonchev–Trinajstić information content (AvgIpc) is 3.07. The number of hydrogen-bond acceptors (Lipinski definition) is 4. The van der Waals surface area contributed by atoms with Gasteiger partial charge in [-0.3, -0.25) is 4.79 Å². The normalized spacial score (nSPS) is 11.3. The lowest BCUT2D eigenvalue weighted by molar-refractivity contribution is 0.0954. The summed E-state index contributed by atoms with van der Waals surface area (Å²) in [5.74, 6) is -0.210. The van der Waals surface area contributed by atoms with E-state index in [2.05, 4.69) is 17.0 Å². The van der Waals surface area contributed by atoms with Crippen LogP contribution in [0.2, 0.25) is 0 Å². The van der Waals surface area contributed by atoms with Gasteiger partial charge in [-0.15, -0.1) is 11.3 Å². The van der Waals surface area contributed by atoms with Crippen molar-refractivity contribution in [3.05, 3.63) is 52.9 Å². The van der Waals surface area contributed by atoms with Crippen molar-refractivity contribution >= 4 is 27.3 Å². The van der Waals surface area contributed by atoms with E-state index in [9.17, 15) is 13.2 Å². The summed E-state index contributed by atoms with van der Waals surface area (Å²) in [7, 11) is -3.47. The largest absolute Gasteiger partial charge is 0.351 e. The second-order valence-corrected chi connectivity index (χ2v) is 7.58. The zero-order valence-electron chi connectivity index (χ0n) is 12.2. The molecule has 0 spiro atoms. The van der Waals surface area contributed by atoms with Gasteiger partial charge in [-0.25, -0.2) is 13.1 Å². The van der Waals surface area contributed by atoms with Gasteiger partial charge in [0.1, 0.15) is 4.21 Å². The molecule has 0 radical (unpaired) electrons. The summed E-state index contributed by atoms with van der Waals surface area (Å²) in [4.78, 5) is 11.9. The summed E-state index contributed by atoms with van der Waals surface area (Å²) in [5, 5.41) is 4.40. The van der Waals surface area contributed by atoms with Gasteiger partial charge in [-0.05, 0) is 35.6 Å². The first-order valence-electron chi connectivity index (χ1n) is 6.93. The maximum atomic E-state index is 11.9. The summed E-state index contributed by atoms with van der Waals surface area (Å²) >= 11 is 1.16. The Balaban J connectivity index is 1.80. The third-order valence-corrected chi connectivity index (χ3v) is 5.95. The maximum Gasteiger partial charge on any atom is 0.251 e. The van der Waals surface area contributed by atoms with Crippen molar-refractivity contribution in [3.8, 4) is 0 Å². The van der Waals surface area contributed by atoms with E-state index in [1.165, 1.54) is 5.56 Å². The fourth-order valence-corrected chi connectivity index (χ4v) is 3.91. The molecule has 0 aliphatic heterocycles. The van der Waals surface area contributed by atoms with E-state index in [-0.39, 0.29) is 23.2 Å². The molecule has 0 saturated heterocycles. The minimum absolute atomic E-state index is 0.152. The molecule has 0 atom stereocenters. The fraction of sp³-hybridized carbons (Fsp3) is 0.267. The van der Waals surface area contributed by atoms with Crippen molar-refractivity contribution in [1.29, 1.82) is 0 Å². The molecule has 1 aromatic carbocycles. The number of thiophene rings is 1. The number of rotatable bonds is 7. The van der Waals surface area contributed by atoms with Crippen molar-refractivity contribution in [1.82, 2.24) is 10.0 Å². The van der Waals surface area contributed by atoms with E-state index in [1.54, 1.807) is 29.6 Å². The fourth-order valence-electron chi connectivity index (χ4n) is 1.84. The highest BCUT2D eigenvalue weighted by Gasteiger charge is 2.14. The summed E-state index contributed by atoms with van der Waals surface area (Å²) < 4.78 is 26.5. The number of carbonyl (C=O) groups is 1. The number of carbonyl (C=O) groups excluding carboxylic acids is 1. The third kappa shape index (κ3) is 4.40. The molecule has 0 unspecified atom stereocenters. The molecule has 1 amide bonds. The van der Waals surface area contributed by atoms with Crippen LogP contribution in [0.4, 0.5) is 0 Å². The third-order valence-electron chi connectivity index (χ3n) is 3.09. The summed E-state index contributed by atoms with van der Waals surface area (Å²) in [6.07, 6.45) is 0.923. The molecule has 5 nitrogen and oxygen atoms in total. The van der Waals surface area contributed by atoms with Gasteiger partial charge < -0.3 is 5.32 Å². The monoisotopic (exact) mass is 338 g/mol. The van der Waals surface area contributed by atoms with Gasteiger partial charge in [-0.1, -0.05) is 25.1 Å². The van der Waals surface area contributed by atoms with Crippen LogP contribution in [0.3, 0.4) is 0 Å². The Morgan fingerprint density at radius 1 is 1.14 bits per heavy atom. The molecule has 7 heteroatoms. The van der Waals surface area contributed by atoms with Gasteiger partial charge in [0, 0.05) is 18.7 Å². The summed E-state index contributed by atoms with van der Waals surface area (Å²) in [6.45, 7) is 2.44. The molecule has 0 aliphatic carbocycles. The van der Waals surface area contributed by atoms with Crippen molar-refractivity contribution in [2.75, 3.05) is 13.1 Å². The Hall–Kier alpha value is -1.70. The van der Waals surface area contributed by atoms with E-state index in [4.69, 9.17) is 0 Å². The summed E-state index contributed by atoms with van der Waals surface area (Å²) in [6, 6.07) is 10.6. The number of aryl methyl sites for hydroxylation is 1. The lowest BCUT2D eigenvalue weighted by Crippen LogP contribution is -2.34. The topological polar surface area (TPSA) is 75.3 Å². The van der Waals surface area contributed by atoms with Crippen LogP contribution in [0.25, 0.3) is 0 Å². The first-order chi connectivity index (χ1) is 10.5. The van der Waals surface area contributed by atoms with Crippen molar-refractivity contribution in [2.24, 2.45) is 0 Å². The quantitative estimate of drug-likeness (QED) is 0.759. The van der Waals surface area contributed by atoms with Crippen LogP contribution in [0.1, 0.15) is 22.8 Å². The lowest BCUT2D eigenvalue weighted by atomic mass is 10.1. The predicted octanol–water partition coefficient (Wildman–Crippen LogP) is 2.02. The molecule has 0 aliphatic rings. The number of nitrogens with one attached hydrogen (secondary N) is 2.